The van der Waals surface area contributed by atoms with Crippen molar-refractivity contribution in [3.05, 3.63) is 84.3 Å². The number of rotatable bonds is 6. The molecule has 0 saturated carbocycles. The molecule has 0 aliphatic carbocycles. The minimum absolute atomic E-state index is 0.0432. The zero-order valence-corrected chi connectivity index (χ0v) is 21.2. The van der Waals surface area contributed by atoms with E-state index >= 15 is 0 Å². The molecule has 166 valence electrons. The molecule has 32 heavy (non-hydrogen) atoms. The molecule has 1 unspecified atom stereocenters. The van der Waals surface area contributed by atoms with Crippen LogP contribution in [0.4, 0.5) is 0 Å². The lowest BCUT2D eigenvalue weighted by molar-refractivity contribution is -0.139. The molecule has 0 aromatic heterocycles. The zero-order valence-electron chi connectivity index (χ0n) is 17.2. The predicted molar refractivity (Wildman–Crippen MR) is 128 cm³/mol. The monoisotopic (exact) mass is 580 g/mol. The zero-order chi connectivity index (χ0) is 23.4. The molecule has 1 aliphatic heterocycles. The van der Waals surface area contributed by atoms with Crippen molar-refractivity contribution in [2.75, 3.05) is 6.61 Å². The van der Waals surface area contributed by atoms with Crippen LogP contribution >= 0.6 is 43.5 Å². The third-order valence-corrected chi connectivity index (χ3v) is 6.18. The SMILES string of the molecule is CCOC(=O)C1=C(C)OC(N)=C(C#N)C1c1cc(Br)c(OCc2ccc(Cl)cc2)c(Br)c1. The van der Waals surface area contributed by atoms with Gasteiger partial charge in [0.25, 0.3) is 0 Å². The summed E-state index contributed by atoms with van der Waals surface area (Å²) in [6, 6.07) is 13.0. The quantitative estimate of drug-likeness (QED) is 0.415. The number of nitrogens with two attached hydrogens (primary N) is 1. The molecule has 9 heteroatoms. The number of allylic oxidation sites excluding steroid dienone is 2. The molecular formula is C23H19Br2ClN2O4. The number of esters is 1. The summed E-state index contributed by atoms with van der Waals surface area (Å²) < 4.78 is 17.9. The molecule has 0 bridgehead atoms. The van der Waals surface area contributed by atoms with Crippen molar-refractivity contribution in [2.24, 2.45) is 5.73 Å². The van der Waals surface area contributed by atoms with E-state index in [1.165, 1.54) is 0 Å². The summed E-state index contributed by atoms with van der Waals surface area (Å²) in [6.45, 7) is 3.85. The van der Waals surface area contributed by atoms with Crippen molar-refractivity contribution in [3.8, 4) is 11.8 Å². The second kappa shape index (κ2) is 10.4. The first-order valence-electron chi connectivity index (χ1n) is 9.58. The van der Waals surface area contributed by atoms with Gasteiger partial charge in [0, 0.05) is 5.02 Å². The highest BCUT2D eigenvalue weighted by molar-refractivity contribution is 9.11. The number of nitrogens with zero attached hydrogens (tertiary/aromatic N) is 1. The molecule has 1 heterocycles. The highest BCUT2D eigenvalue weighted by Crippen LogP contribution is 2.44. The van der Waals surface area contributed by atoms with Crippen LogP contribution in [0.1, 0.15) is 30.9 Å². The molecule has 6 nitrogen and oxygen atoms in total. The molecule has 0 spiro atoms. The first kappa shape index (κ1) is 24.2. The molecule has 1 atom stereocenters. The van der Waals surface area contributed by atoms with Gasteiger partial charge in [-0.1, -0.05) is 23.7 Å². The second-order valence-electron chi connectivity index (χ2n) is 6.84. The van der Waals surface area contributed by atoms with Crippen molar-refractivity contribution in [2.45, 2.75) is 26.4 Å². The van der Waals surface area contributed by atoms with Gasteiger partial charge in [0.05, 0.1) is 27.0 Å². The van der Waals surface area contributed by atoms with Gasteiger partial charge in [-0.2, -0.15) is 5.26 Å². The van der Waals surface area contributed by atoms with E-state index < -0.39 is 11.9 Å². The molecule has 2 aromatic rings. The number of ether oxygens (including phenoxy) is 3. The highest BCUT2D eigenvalue weighted by Gasteiger charge is 2.37. The summed E-state index contributed by atoms with van der Waals surface area (Å²) in [5.74, 6) is -0.487. The van der Waals surface area contributed by atoms with Crippen molar-refractivity contribution in [3.63, 3.8) is 0 Å². The normalized spacial score (nSPS) is 15.8. The molecule has 2 N–H and O–H groups in total. The van der Waals surface area contributed by atoms with E-state index in [1.54, 1.807) is 38.1 Å². The van der Waals surface area contributed by atoms with Gasteiger partial charge in [-0.15, -0.1) is 0 Å². The number of carbonyl (C=O) groups is 1. The summed E-state index contributed by atoms with van der Waals surface area (Å²) in [4.78, 5) is 12.7. The Bertz CT molecular complexity index is 1130. The van der Waals surface area contributed by atoms with Crippen LogP contribution in [0.3, 0.4) is 0 Å². The van der Waals surface area contributed by atoms with Crippen molar-refractivity contribution in [1.29, 1.82) is 5.26 Å². The number of benzene rings is 2. The van der Waals surface area contributed by atoms with Gasteiger partial charge in [-0.3, -0.25) is 0 Å². The van der Waals surface area contributed by atoms with Gasteiger partial charge < -0.3 is 19.9 Å². The van der Waals surface area contributed by atoms with E-state index in [0.29, 0.717) is 37.6 Å². The second-order valence-corrected chi connectivity index (χ2v) is 8.99. The number of hydrogen-bond donors (Lipinski definition) is 1. The summed E-state index contributed by atoms with van der Waals surface area (Å²) in [5, 5.41) is 10.4. The van der Waals surface area contributed by atoms with Crippen LogP contribution in [0.2, 0.25) is 5.02 Å². The molecule has 0 saturated heterocycles. The fourth-order valence-corrected chi connectivity index (χ4v) is 4.89. The minimum Gasteiger partial charge on any atom is -0.487 e. The number of nitriles is 1. The molecule has 0 radical (unpaired) electrons. The van der Waals surface area contributed by atoms with E-state index in [-0.39, 0.29) is 23.6 Å². The van der Waals surface area contributed by atoms with Crippen LogP contribution in [0.15, 0.2) is 68.1 Å². The Morgan fingerprint density at radius 2 is 1.88 bits per heavy atom. The first-order chi connectivity index (χ1) is 15.3. The van der Waals surface area contributed by atoms with E-state index in [0.717, 1.165) is 5.56 Å². The van der Waals surface area contributed by atoms with Gasteiger partial charge in [0.2, 0.25) is 5.88 Å². The van der Waals surface area contributed by atoms with Crippen LogP contribution in [-0.2, 0) is 20.9 Å². The molecule has 0 amide bonds. The minimum atomic E-state index is -0.745. The fraction of sp³-hybridized carbons (Fsp3) is 0.217. The van der Waals surface area contributed by atoms with Crippen molar-refractivity contribution in [1.82, 2.24) is 0 Å². The summed E-state index contributed by atoms with van der Waals surface area (Å²) in [7, 11) is 0. The summed E-state index contributed by atoms with van der Waals surface area (Å²) in [6.07, 6.45) is 0. The van der Waals surface area contributed by atoms with E-state index in [1.807, 2.05) is 12.1 Å². The Balaban J connectivity index is 1.99. The fourth-order valence-electron chi connectivity index (χ4n) is 3.31. The summed E-state index contributed by atoms with van der Waals surface area (Å²) in [5.41, 5.74) is 7.92. The van der Waals surface area contributed by atoms with Gasteiger partial charge in [-0.05, 0) is 81.1 Å². The topological polar surface area (TPSA) is 94.6 Å². The van der Waals surface area contributed by atoms with Crippen LogP contribution in [0, 0.1) is 11.3 Å². The lowest BCUT2D eigenvalue weighted by Gasteiger charge is -2.27. The molecular weight excluding hydrogens is 564 g/mol. The lowest BCUT2D eigenvalue weighted by atomic mass is 9.83. The van der Waals surface area contributed by atoms with Crippen molar-refractivity contribution < 1.29 is 19.0 Å². The molecule has 3 rings (SSSR count). The Labute approximate surface area is 207 Å². The maximum Gasteiger partial charge on any atom is 0.338 e. The number of hydrogen-bond acceptors (Lipinski definition) is 6. The Kier molecular flexibility index (Phi) is 7.88. The average molecular weight is 583 g/mol. The maximum absolute atomic E-state index is 12.7. The van der Waals surface area contributed by atoms with Gasteiger partial charge >= 0.3 is 5.97 Å². The first-order valence-corrected chi connectivity index (χ1v) is 11.5. The number of halogens is 3. The third-order valence-electron chi connectivity index (χ3n) is 4.75. The standard InChI is InChI=1S/C23H19Br2ClN2O4/c1-3-30-23(29)19-12(2)32-22(28)16(10-27)20(19)14-8-17(24)21(18(25)9-14)31-11-13-4-6-15(26)7-5-13/h4-9,20H,3,11,28H2,1-2H3. The van der Waals surface area contributed by atoms with Gasteiger partial charge in [0.15, 0.2) is 0 Å². The average Bonchev–Trinajstić information content (AvgIpc) is 2.74. The van der Waals surface area contributed by atoms with Crippen LogP contribution < -0.4 is 10.5 Å². The van der Waals surface area contributed by atoms with E-state index in [2.05, 4.69) is 37.9 Å². The number of carbonyl (C=O) groups excluding carboxylic acids is 1. The Morgan fingerprint density at radius 1 is 1.25 bits per heavy atom. The van der Waals surface area contributed by atoms with Crippen LogP contribution in [0.25, 0.3) is 0 Å². The van der Waals surface area contributed by atoms with Crippen LogP contribution in [-0.4, -0.2) is 12.6 Å². The summed E-state index contributed by atoms with van der Waals surface area (Å²) >= 11 is 13.0. The lowest BCUT2D eigenvalue weighted by Crippen LogP contribution is -2.25. The Hall–Kier alpha value is -2.47. The smallest absolute Gasteiger partial charge is 0.338 e. The van der Waals surface area contributed by atoms with Crippen molar-refractivity contribution >= 4 is 49.4 Å². The van der Waals surface area contributed by atoms with E-state index in [4.69, 9.17) is 31.5 Å². The third kappa shape index (κ3) is 5.12. The maximum atomic E-state index is 12.7. The van der Waals surface area contributed by atoms with Gasteiger partial charge in [-0.25, -0.2) is 4.79 Å². The predicted octanol–water partition coefficient (Wildman–Crippen LogP) is 6.09. The largest absolute Gasteiger partial charge is 0.487 e. The molecule has 2 aromatic carbocycles. The highest BCUT2D eigenvalue weighted by atomic mass is 79.9. The Morgan fingerprint density at radius 3 is 2.44 bits per heavy atom. The molecule has 1 aliphatic rings. The van der Waals surface area contributed by atoms with Gasteiger partial charge in [0.1, 0.15) is 29.8 Å². The van der Waals surface area contributed by atoms with E-state index in [9.17, 15) is 10.1 Å². The molecule has 0 fully saturated rings. The van der Waals surface area contributed by atoms with Crippen LogP contribution in [0.5, 0.6) is 5.75 Å².